The Morgan fingerprint density at radius 2 is 0.716 bits per heavy atom. The van der Waals surface area contributed by atoms with E-state index in [1.54, 1.807) is 6.08 Å². The Morgan fingerprint density at radius 1 is 0.409 bits per heavy atom. The molecule has 0 aliphatic carbocycles. The van der Waals surface area contributed by atoms with E-state index in [-0.39, 0.29) is 18.5 Å². The summed E-state index contributed by atoms with van der Waals surface area (Å²) in [5.41, 5.74) is 0. The normalized spacial score (nSPS) is 17.7. The van der Waals surface area contributed by atoms with Gasteiger partial charge in [-0.3, -0.25) is 9.59 Å². The fraction of sp³-hybridized carbons (Fsp3) is 0.948. The third-order valence-electron chi connectivity index (χ3n) is 18.9. The second-order valence-corrected chi connectivity index (χ2v) is 27.4. The lowest BCUT2D eigenvalue weighted by Crippen LogP contribution is -2.60. The summed E-state index contributed by atoms with van der Waals surface area (Å²) in [5, 5.41) is 54.6. The molecule has 0 saturated carbocycles. The second-order valence-electron chi connectivity index (χ2n) is 27.4. The fourth-order valence-corrected chi connectivity index (χ4v) is 12.8. The molecule has 1 aliphatic heterocycles. The molecule has 522 valence electrons. The molecule has 0 aromatic heterocycles. The number of allylic oxidation sites excluding steroid dienone is 1. The molecule has 11 heteroatoms. The molecule has 1 aliphatic rings. The Balaban J connectivity index is 1.91. The number of unbranched alkanes of at least 4 members (excludes halogenated alkanes) is 56. The van der Waals surface area contributed by atoms with Gasteiger partial charge in [0.15, 0.2) is 6.29 Å². The number of hydrogen-bond acceptors (Lipinski definition) is 10. The second kappa shape index (κ2) is 66.8. The summed E-state index contributed by atoms with van der Waals surface area (Å²) < 4.78 is 16.8. The number of aliphatic hydroxyl groups excluding tert-OH is 5. The van der Waals surface area contributed by atoms with Crippen LogP contribution < -0.4 is 5.32 Å². The molecule has 0 aromatic carbocycles. The van der Waals surface area contributed by atoms with Crippen LogP contribution in [0.3, 0.4) is 0 Å². The SMILES string of the molecule is CCCCCCCCCCCCCC/C=C/C(O)C(COC1OC(CO)C(O)C(O)C1O)NC(=O)CCCCCCCCCCCCCCCCCCCCCCCCCCCCCCCCCCCCCOC(=O)CCCCCCCCCCCCC. The minimum absolute atomic E-state index is 0.0166. The minimum atomic E-state index is -1.57. The molecule has 0 aromatic rings. The molecule has 0 radical (unpaired) electrons. The quantitative estimate of drug-likeness (QED) is 0.0195. The van der Waals surface area contributed by atoms with Crippen LogP contribution in [0.1, 0.15) is 406 Å². The number of ether oxygens (including phenoxy) is 3. The van der Waals surface area contributed by atoms with Crippen LogP contribution in [-0.4, -0.2) is 100 Å². The maximum Gasteiger partial charge on any atom is 0.305 e. The molecule has 1 rings (SSSR count). The van der Waals surface area contributed by atoms with Crippen molar-refractivity contribution in [3.05, 3.63) is 12.2 Å². The van der Waals surface area contributed by atoms with E-state index in [1.165, 1.54) is 327 Å². The van der Waals surface area contributed by atoms with Gasteiger partial charge in [0.2, 0.25) is 5.91 Å². The summed E-state index contributed by atoms with van der Waals surface area (Å²) in [7, 11) is 0. The van der Waals surface area contributed by atoms with Crippen LogP contribution >= 0.6 is 0 Å². The van der Waals surface area contributed by atoms with Crippen molar-refractivity contribution in [2.24, 2.45) is 0 Å². The first kappa shape index (κ1) is 84.4. The van der Waals surface area contributed by atoms with Gasteiger partial charge in [0, 0.05) is 12.8 Å². The zero-order valence-corrected chi connectivity index (χ0v) is 58.2. The number of carbonyl (C=O) groups excluding carboxylic acids is 2. The van der Waals surface area contributed by atoms with Crippen molar-refractivity contribution in [3.8, 4) is 0 Å². The summed E-state index contributed by atoms with van der Waals surface area (Å²) in [4.78, 5) is 25.1. The number of amides is 1. The first-order chi connectivity index (χ1) is 43.2. The first-order valence-electron chi connectivity index (χ1n) is 39.0. The molecule has 11 nitrogen and oxygen atoms in total. The van der Waals surface area contributed by atoms with Gasteiger partial charge in [0.05, 0.1) is 32.0 Å². The molecule has 7 unspecified atom stereocenters. The molecule has 1 amide bonds. The number of aliphatic hydroxyl groups is 5. The highest BCUT2D eigenvalue weighted by atomic mass is 16.7. The highest BCUT2D eigenvalue weighted by molar-refractivity contribution is 5.76. The Kier molecular flexibility index (Phi) is 64.1. The number of hydrogen-bond donors (Lipinski definition) is 6. The molecule has 6 N–H and O–H groups in total. The number of carbonyl (C=O) groups is 2. The van der Waals surface area contributed by atoms with Gasteiger partial charge in [0.1, 0.15) is 24.4 Å². The monoisotopic (exact) mass is 1250 g/mol. The standard InChI is InChI=1S/C77H149NO10/c1-3-5-7-9-11-13-15-16-40-44-47-51-55-59-63-70(80)69(68-87-77-76(85)75(84)74(83)71(67-79)88-77)78-72(81)64-60-56-52-48-45-41-38-36-34-32-30-28-26-24-22-20-18-17-19-21-23-25-27-29-31-33-35-37-39-42-46-50-54-58-62-66-86-73(82)65-61-57-53-49-43-14-12-10-8-6-4-2/h59,63,69-71,74-77,79-80,83-85H,3-58,60-62,64-68H2,1-2H3,(H,78,81)/b63-59+. The topological polar surface area (TPSA) is 175 Å². The molecule has 7 atom stereocenters. The van der Waals surface area contributed by atoms with Crippen LogP contribution in [0.25, 0.3) is 0 Å². The Morgan fingerprint density at radius 3 is 1.06 bits per heavy atom. The summed E-state index contributed by atoms with van der Waals surface area (Å²) in [6.45, 7) is 4.40. The predicted octanol–water partition coefficient (Wildman–Crippen LogP) is 20.6. The molecular weight excluding hydrogens is 1100 g/mol. The van der Waals surface area contributed by atoms with Crippen molar-refractivity contribution in [2.75, 3.05) is 19.8 Å². The maximum atomic E-state index is 13.1. The Hall–Kier alpha value is -1.60. The van der Waals surface area contributed by atoms with Gasteiger partial charge in [-0.05, 0) is 32.1 Å². The van der Waals surface area contributed by atoms with Crippen molar-refractivity contribution >= 4 is 11.9 Å². The van der Waals surface area contributed by atoms with E-state index in [2.05, 4.69) is 19.2 Å². The third-order valence-corrected chi connectivity index (χ3v) is 18.9. The third kappa shape index (κ3) is 54.9. The Labute approximate surface area is 544 Å². The summed E-state index contributed by atoms with van der Waals surface area (Å²) in [5.74, 6) is -0.156. The zero-order valence-electron chi connectivity index (χ0n) is 58.2. The first-order valence-corrected chi connectivity index (χ1v) is 39.0. The van der Waals surface area contributed by atoms with E-state index in [4.69, 9.17) is 14.2 Å². The molecular formula is C77H149NO10. The van der Waals surface area contributed by atoms with E-state index < -0.39 is 49.5 Å². The van der Waals surface area contributed by atoms with Crippen LogP contribution in [0.15, 0.2) is 12.2 Å². The van der Waals surface area contributed by atoms with Crippen molar-refractivity contribution < 1.29 is 49.3 Å². The average Bonchev–Trinajstić information content (AvgIpc) is 3.73. The van der Waals surface area contributed by atoms with Gasteiger partial charge >= 0.3 is 5.97 Å². The van der Waals surface area contributed by atoms with Crippen molar-refractivity contribution in [1.82, 2.24) is 5.32 Å². The molecule has 0 bridgehead atoms. The lowest BCUT2D eigenvalue weighted by atomic mass is 9.99. The number of nitrogens with one attached hydrogen (secondary N) is 1. The minimum Gasteiger partial charge on any atom is -0.466 e. The highest BCUT2D eigenvalue weighted by Crippen LogP contribution is 2.24. The molecule has 1 fully saturated rings. The summed E-state index contributed by atoms with van der Waals surface area (Å²) >= 11 is 0. The van der Waals surface area contributed by atoms with Gasteiger partial charge in [-0.2, -0.15) is 0 Å². The van der Waals surface area contributed by atoms with Gasteiger partial charge in [-0.1, -0.05) is 373 Å². The van der Waals surface area contributed by atoms with E-state index in [0.29, 0.717) is 19.4 Å². The van der Waals surface area contributed by atoms with E-state index in [1.807, 2.05) is 6.08 Å². The summed E-state index contributed by atoms with van der Waals surface area (Å²) in [6, 6.07) is -0.805. The largest absolute Gasteiger partial charge is 0.466 e. The smallest absolute Gasteiger partial charge is 0.305 e. The maximum absolute atomic E-state index is 13.1. The van der Waals surface area contributed by atoms with Crippen molar-refractivity contribution in [3.63, 3.8) is 0 Å². The van der Waals surface area contributed by atoms with E-state index >= 15 is 0 Å². The van der Waals surface area contributed by atoms with Gasteiger partial charge in [-0.25, -0.2) is 0 Å². The Bertz CT molecular complexity index is 1460. The van der Waals surface area contributed by atoms with Gasteiger partial charge in [0.25, 0.3) is 0 Å². The average molecular weight is 1250 g/mol. The van der Waals surface area contributed by atoms with Crippen molar-refractivity contribution in [2.45, 2.75) is 448 Å². The number of rotatable bonds is 70. The van der Waals surface area contributed by atoms with Crippen molar-refractivity contribution in [1.29, 1.82) is 0 Å². The van der Waals surface area contributed by atoms with Crippen LogP contribution in [0, 0.1) is 0 Å². The van der Waals surface area contributed by atoms with Crippen LogP contribution in [0.4, 0.5) is 0 Å². The van der Waals surface area contributed by atoms with E-state index in [0.717, 1.165) is 51.4 Å². The van der Waals surface area contributed by atoms with E-state index in [9.17, 15) is 35.1 Å². The molecule has 1 heterocycles. The zero-order chi connectivity index (χ0) is 63.7. The van der Waals surface area contributed by atoms with Crippen LogP contribution in [-0.2, 0) is 23.8 Å². The van der Waals surface area contributed by atoms with Gasteiger partial charge in [-0.15, -0.1) is 0 Å². The highest BCUT2D eigenvalue weighted by Gasteiger charge is 2.44. The predicted molar refractivity (Wildman–Crippen MR) is 371 cm³/mol. The molecule has 1 saturated heterocycles. The van der Waals surface area contributed by atoms with Crippen LogP contribution in [0.5, 0.6) is 0 Å². The lowest BCUT2D eigenvalue weighted by molar-refractivity contribution is -0.302. The lowest BCUT2D eigenvalue weighted by Gasteiger charge is -2.40. The number of esters is 1. The van der Waals surface area contributed by atoms with Gasteiger partial charge < -0.3 is 45.1 Å². The fourth-order valence-electron chi connectivity index (χ4n) is 12.8. The molecule has 88 heavy (non-hydrogen) atoms. The summed E-state index contributed by atoms with van der Waals surface area (Å²) in [6.07, 6.45) is 73.7. The van der Waals surface area contributed by atoms with Crippen LogP contribution in [0.2, 0.25) is 0 Å². The molecule has 0 spiro atoms.